The Balaban J connectivity index is 2.00. The lowest BCUT2D eigenvalue weighted by atomic mass is 10.1. The molecule has 0 aromatic heterocycles. The molecular formula is C18H17FN2O4. The molecule has 0 saturated heterocycles. The predicted octanol–water partition coefficient (Wildman–Crippen LogP) is 2.53. The maximum atomic E-state index is 12.8. The van der Waals surface area contributed by atoms with Crippen LogP contribution in [0.5, 0.6) is 5.75 Å². The van der Waals surface area contributed by atoms with Crippen LogP contribution < -0.4 is 15.8 Å². The van der Waals surface area contributed by atoms with Crippen LogP contribution in [-0.4, -0.2) is 24.7 Å². The third kappa shape index (κ3) is 4.87. The fraction of sp³-hybridized carbons (Fsp3) is 0.167. The Hall–Kier alpha value is -3.22. The Kier molecular flexibility index (Phi) is 5.84. The van der Waals surface area contributed by atoms with Gasteiger partial charge in [-0.15, -0.1) is 0 Å². The van der Waals surface area contributed by atoms with Crippen molar-refractivity contribution >= 4 is 23.3 Å². The van der Waals surface area contributed by atoms with E-state index in [9.17, 15) is 18.8 Å². The van der Waals surface area contributed by atoms with Crippen LogP contribution in [0.3, 0.4) is 0 Å². The normalized spacial score (nSPS) is 10.2. The number of anilines is 1. The van der Waals surface area contributed by atoms with Crippen molar-refractivity contribution in [2.45, 2.75) is 12.8 Å². The van der Waals surface area contributed by atoms with Crippen molar-refractivity contribution in [1.29, 1.82) is 0 Å². The third-order valence-corrected chi connectivity index (χ3v) is 3.50. The van der Waals surface area contributed by atoms with Gasteiger partial charge < -0.3 is 15.8 Å². The molecule has 6 nitrogen and oxygen atoms in total. The van der Waals surface area contributed by atoms with Gasteiger partial charge in [0.2, 0.25) is 11.8 Å². The summed E-state index contributed by atoms with van der Waals surface area (Å²) in [6.07, 6.45) is -0.102. The zero-order chi connectivity index (χ0) is 18.4. The molecule has 0 radical (unpaired) electrons. The maximum absolute atomic E-state index is 12.8. The molecule has 25 heavy (non-hydrogen) atoms. The average Bonchev–Trinajstić information content (AvgIpc) is 2.60. The summed E-state index contributed by atoms with van der Waals surface area (Å²) in [6, 6.07) is 9.51. The molecule has 0 aliphatic rings. The summed E-state index contributed by atoms with van der Waals surface area (Å²) in [4.78, 5) is 35.3. The summed E-state index contributed by atoms with van der Waals surface area (Å²) >= 11 is 0. The molecule has 0 spiro atoms. The van der Waals surface area contributed by atoms with E-state index >= 15 is 0 Å². The van der Waals surface area contributed by atoms with Gasteiger partial charge >= 0.3 is 0 Å². The molecule has 2 aromatic carbocycles. The number of nitrogens with one attached hydrogen (secondary N) is 1. The number of methoxy groups -OCH3 is 1. The van der Waals surface area contributed by atoms with E-state index in [1.807, 2.05) is 0 Å². The fourth-order valence-electron chi connectivity index (χ4n) is 2.18. The second kappa shape index (κ2) is 8.05. The first kappa shape index (κ1) is 18.1. The van der Waals surface area contributed by atoms with E-state index in [4.69, 9.17) is 10.5 Å². The molecule has 0 saturated carbocycles. The molecule has 2 aromatic rings. The first-order valence-electron chi connectivity index (χ1n) is 7.47. The molecule has 2 rings (SSSR count). The van der Waals surface area contributed by atoms with Gasteiger partial charge in [0.25, 0.3) is 0 Å². The van der Waals surface area contributed by atoms with Crippen LogP contribution in [0.2, 0.25) is 0 Å². The maximum Gasteiger partial charge on any atom is 0.248 e. The lowest BCUT2D eigenvalue weighted by molar-refractivity contribution is -0.116. The van der Waals surface area contributed by atoms with Crippen LogP contribution >= 0.6 is 0 Å². The smallest absolute Gasteiger partial charge is 0.248 e. The van der Waals surface area contributed by atoms with Gasteiger partial charge in [-0.3, -0.25) is 14.4 Å². The minimum Gasteiger partial charge on any atom is -0.495 e. The van der Waals surface area contributed by atoms with Crippen LogP contribution in [0, 0.1) is 5.82 Å². The second-order valence-electron chi connectivity index (χ2n) is 5.26. The molecule has 0 aliphatic heterocycles. The van der Waals surface area contributed by atoms with Gasteiger partial charge in [-0.25, -0.2) is 4.39 Å². The average molecular weight is 344 g/mol. The van der Waals surface area contributed by atoms with Gasteiger partial charge in [0.05, 0.1) is 12.8 Å². The summed E-state index contributed by atoms with van der Waals surface area (Å²) in [6.45, 7) is 0. The predicted molar refractivity (Wildman–Crippen MR) is 90.1 cm³/mol. The van der Waals surface area contributed by atoms with Crippen molar-refractivity contribution in [2.75, 3.05) is 12.4 Å². The molecule has 0 fully saturated rings. The molecule has 3 N–H and O–H groups in total. The van der Waals surface area contributed by atoms with Gasteiger partial charge in [0.15, 0.2) is 5.78 Å². The topological polar surface area (TPSA) is 98.5 Å². The second-order valence-corrected chi connectivity index (χ2v) is 5.26. The summed E-state index contributed by atoms with van der Waals surface area (Å²) in [5.74, 6) is -1.40. The number of benzene rings is 2. The number of nitrogens with two attached hydrogens (primary N) is 1. The van der Waals surface area contributed by atoms with E-state index in [-0.39, 0.29) is 29.9 Å². The van der Waals surface area contributed by atoms with Gasteiger partial charge in [0.1, 0.15) is 11.6 Å². The van der Waals surface area contributed by atoms with E-state index in [1.54, 1.807) is 0 Å². The molecule has 0 heterocycles. The quantitative estimate of drug-likeness (QED) is 0.754. The van der Waals surface area contributed by atoms with Crippen molar-refractivity contribution in [3.05, 3.63) is 59.4 Å². The van der Waals surface area contributed by atoms with Crippen molar-refractivity contribution in [2.24, 2.45) is 5.73 Å². The van der Waals surface area contributed by atoms with Crippen LogP contribution in [0.1, 0.15) is 33.6 Å². The largest absolute Gasteiger partial charge is 0.495 e. The lowest BCUT2D eigenvalue weighted by Gasteiger charge is -2.11. The molecule has 0 unspecified atom stereocenters. The number of primary amides is 1. The Labute approximate surface area is 143 Å². The first-order valence-corrected chi connectivity index (χ1v) is 7.47. The molecule has 0 atom stereocenters. The SMILES string of the molecule is COc1ccc(C(N)=O)cc1NC(=O)CCC(=O)c1ccc(F)cc1. The summed E-state index contributed by atoms with van der Waals surface area (Å²) in [5, 5.41) is 2.59. The minimum absolute atomic E-state index is 0.0324. The third-order valence-electron chi connectivity index (χ3n) is 3.50. The minimum atomic E-state index is -0.635. The van der Waals surface area contributed by atoms with Crippen LogP contribution in [0.4, 0.5) is 10.1 Å². The highest BCUT2D eigenvalue weighted by atomic mass is 19.1. The van der Waals surface area contributed by atoms with Gasteiger partial charge in [-0.05, 0) is 42.5 Å². The van der Waals surface area contributed by atoms with E-state index < -0.39 is 17.6 Å². The highest BCUT2D eigenvalue weighted by Crippen LogP contribution is 2.25. The zero-order valence-corrected chi connectivity index (χ0v) is 13.5. The Bertz CT molecular complexity index is 803. The number of amides is 2. The van der Waals surface area contributed by atoms with Crippen molar-refractivity contribution < 1.29 is 23.5 Å². The number of carbonyl (C=O) groups excluding carboxylic acids is 3. The summed E-state index contributed by atoms with van der Waals surface area (Å²) in [5.41, 5.74) is 6.06. The van der Waals surface area contributed by atoms with E-state index in [2.05, 4.69) is 5.32 Å². The monoisotopic (exact) mass is 344 g/mol. The van der Waals surface area contributed by atoms with Gasteiger partial charge in [0, 0.05) is 24.0 Å². The number of hydrogen-bond donors (Lipinski definition) is 2. The van der Waals surface area contributed by atoms with Crippen molar-refractivity contribution in [3.63, 3.8) is 0 Å². The number of halogens is 1. The highest BCUT2D eigenvalue weighted by molar-refractivity contribution is 6.01. The number of rotatable bonds is 7. The molecule has 7 heteroatoms. The first-order chi connectivity index (χ1) is 11.9. The fourth-order valence-corrected chi connectivity index (χ4v) is 2.18. The van der Waals surface area contributed by atoms with Crippen molar-refractivity contribution in [3.8, 4) is 5.75 Å². The number of ether oxygens (including phenoxy) is 1. The lowest BCUT2D eigenvalue weighted by Crippen LogP contribution is -2.16. The van der Waals surface area contributed by atoms with E-state index in [0.29, 0.717) is 11.3 Å². The Morgan fingerprint density at radius 1 is 1.04 bits per heavy atom. The van der Waals surface area contributed by atoms with Crippen LogP contribution in [0.25, 0.3) is 0 Å². The van der Waals surface area contributed by atoms with Gasteiger partial charge in [-0.2, -0.15) is 0 Å². The Morgan fingerprint density at radius 2 is 1.68 bits per heavy atom. The molecule has 0 aliphatic carbocycles. The highest BCUT2D eigenvalue weighted by Gasteiger charge is 2.13. The Morgan fingerprint density at radius 3 is 2.28 bits per heavy atom. The molecular weight excluding hydrogens is 327 g/mol. The van der Waals surface area contributed by atoms with Gasteiger partial charge in [-0.1, -0.05) is 0 Å². The number of hydrogen-bond acceptors (Lipinski definition) is 4. The zero-order valence-electron chi connectivity index (χ0n) is 13.5. The molecule has 0 bridgehead atoms. The van der Waals surface area contributed by atoms with E-state index in [1.165, 1.54) is 49.6 Å². The number of carbonyl (C=O) groups is 3. The number of ketones is 1. The van der Waals surface area contributed by atoms with Crippen LogP contribution in [-0.2, 0) is 4.79 Å². The van der Waals surface area contributed by atoms with Crippen LogP contribution in [0.15, 0.2) is 42.5 Å². The molecule has 2 amide bonds. The number of Topliss-reactive ketones (excluding diaryl/α,β-unsaturated/α-hetero) is 1. The summed E-state index contributed by atoms with van der Waals surface area (Å²) in [7, 11) is 1.42. The standard InChI is InChI=1S/C18H17FN2O4/c1-25-16-8-4-12(18(20)24)10-14(16)21-17(23)9-7-15(22)11-2-5-13(19)6-3-11/h2-6,8,10H,7,9H2,1H3,(H2,20,24)(H,21,23). The van der Waals surface area contributed by atoms with E-state index in [0.717, 1.165) is 0 Å². The molecule has 130 valence electrons. The van der Waals surface area contributed by atoms with Crippen molar-refractivity contribution in [1.82, 2.24) is 0 Å². The summed E-state index contributed by atoms with van der Waals surface area (Å²) < 4.78 is 18.0.